The largest absolute Gasteiger partial charge is 0.466 e. The van der Waals surface area contributed by atoms with Crippen LogP contribution in [0.5, 0.6) is 0 Å². The predicted octanol–water partition coefficient (Wildman–Crippen LogP) is 5.36. The zero-order chi connectivity index (χ0) is 33.8. The highest BCUT2D eigenvalue weighted by Gasteiger charge is 2.21. The molecule has 0 spiro atoms. The number of nitrogens with zero attached hydrogens (tertiary/aromatic N) is 5. The third-order valence-electron chi connectivity index (χ3n) is 7.39. The predicted molar refractivity (Wildman–Crippen MR) is 182 cm³/mol. The minimum absolute atomic E-state index is 0.0536. The lowest BCUT2D eigenvalue weighted by molar-refractivity contribution is -0.148. The molecule has 47 heavy (non-hydrogen) atoms. The van der Waals surface area contributed by atoms with Crippen LogP contribution in [0.1, 0.15) is 74.6 Å². The zero-order valence-corrected chi connectivity index (χ0v) is 27.4. The number of carbonyl (C=O) groups is 3. The van der Waals surface area contributed by atoms with Gasteiger partial charge in [-0.05, 0) is 74.4 Å². The molecule has 1 unspecified atom stereocenters. The average Bonchev–Trinajstić information content (AvgIpc) is 3.40. The molecule has 12 nitrogen and oxygen atoms in total. The number of carbonyl (C=O) groups excluding carboxylic acids is 3. The fourth-order valence-electron chi connectivity index (χ4n) is 4.83. The highest BCUT2D eigenvalue weighted by Crippen LogP contribution is 2.21. The molecule has 0 bridgehead atoms. The van der Waals surface area contributed by atoms with Gasteiger partial charge >= 0.3 is 11.9 Å². The van der Waals surface area contributed by atoms with Crippen LogP contribution in [0.2, 0.25) is 0 Å². The second-order valence-corrected chi connectivity index (χ2v) is 11.0. The summed E-state index contributed by atoms with van der Waals surface area (Å²) in [5.41, 5.74) is 9.69. The van der Waals surface area contributed by atoms with Crippen molar-refractivity contribution in [1.29, 1.82) is 0 Å². The number of aromatic nitrogens is 3. The van der Waals surface area contributed by atoms with Crippen LogP contribution in [0.15, 0.2) is 71.9 Å². The summed E-state index contributed by atoms with van der Waals surface area (Å²) in [6.07, 6.45) is 3.78. The lowest BCUT2D eigenvalue weighted by atomic mass is 10.1. The Labute approximate surface area is 275 Å². The van der Waals surface area contributed by atoms with Gasteiger partial charge in [0.05, 0.1) is 30.6 Å². The van der Waals surface area contributed by atoms with E-state index >= 15 is 0 Å². The monoisotopic (exact) mass is 641 g/mol. The molecule has 248 valence electrons. The van der Waals surface area contributed by atoms with Gasteiger partial charge in [0.15, 0.2) is 6.23 Å². The summed E-state index contributed by atoms with van der Waals surface area (Å²) in [6, 6.07) is 18.1. The number of amidine groups is 1. The third kappa shape index (κ3) is 9.62. The van der Waals surface area contributed by atoms with Gasteiger partial charge < -0.3 is 25.1 Å². The van der Waals surface area contributed by atoms with E-state index in [9.17, 15) is 14.4 Å². The first-order valence-corrected chi connectivity index (χ1v) is 15.9. The Morgan fingerprint density at radius 3 is 2.47 bits per heavy atom. The molecule has 0 radical (unpaired) electrons. The Bertz CT molecular complexity index is 1690. The van der Waals surface area contributed by atoms with Gasteiger partial charge in [-0.25, -0.2) is 15.0 Å². The maximum atomic E-state index is 13.7. The lowest BCUT2D eigenvalue weighted by Crippen LogP contribution is -2.34. The average molecular weight is 642 g/mol. The molecule has 4 rings (SSSR count). The maximum absolute atomic E-state index is 13.7. The topological polar surface area (TPSA) is 154 Å². The number of benzene rings is 2. The summed E-state index contributed by atoms with van der Waals surface area (Å²) >= 11 is 0. The summed E-state index contributed by atoms with van der Waals surface area (Å²) < 4.78 is 12.5. The van der Waals surface area contributed by atoms with E-state index in [1.165, 1.54) is 4.90 Å². The van der Waals surface area contributed by atoms with Crippen molar-refractivity contribution in [2.45, 2.75) is 65.6 Å². The molecular weight excluding hydrogens is 598 g/mol. The van der Waals surface area contributed by atoms with E-state index in [0.717, 1.165) is 36.3 Å². The van der Waals surface area contributed by atoms with Crippen LogP contribution in [0.4, 0.5) is 11.5 Å². The Morgan fingerprint density at radius 2 is 1.77 bits per heavy atom. The highest BCUT2D eigenvalue weighted by molar-refractivity contribution is 6.07. The van der Waals surface area contributed by atoms with Gasteiger partial charge in [-0.15, -0.1) is 0 Å². The first-order valence-electron chi connectivity index (χ1n) is 15.9. The third-order valence-corrected chi connectivity index (χ3v) is 7.39. The molecule has 12 heteroatoms. The highest BCUT2D eigenvalue weighted by atomic mass is 16.6. The van der Waals surface area contributed by atoms with Gasteiger partial charge in [-0.1, -0.05) is 26.3 Å². The molecule has 0 saturated heterocycles. The molecule has 2 aromatic heterocycles. The summed E-state index contributed by atoms with van der Waals surface area (Å²) in [5.74, 6) is 0.574. The number of aliphatic imine (C=N–C) groups is 1. The number of esters is 2. The Kier molecular flexibility index (Phi) is 12.4. The van der Waals surface area contributed by atoms with Gasteiger partial charge in [0.2, 0.25) is 0 Å². The zero-order valence-electron chi connectivity index (χ0n) is 27.4. The molecule has 4 aromatic rings. The Morgan fingerprint density at radius 1 is 1.00 bits per heavy atom. The summed E-state index contributed by atoms with van der Waals surface area (Å²) in [5, 5.41) is 3.37. The standard InChI is InChI=1S/C35H43N7O5/c1-5-7-11-33(44)47-24(3)39-34(36)25-12-15-27(16-13-25)38-23-31-40-28-22-26(14-17-29(28)41(31)4)35(45)42(30-10-8-9-19-37-30)20-18-32(43)46-21-6-2/h8-10,12-17,19,22,24,38H,5-7,11,18,20-21,23H2,1-4H3,(H2,36,39). The Balaban J connectivity index is 1.42. The molecule has 1 atom stereocenters. The van der Waals surface area contributed by atoms with Gasteiger partial charge in [-0.2, -0.15) is 0 Å². The number of ether oxygens (including phenoxy) is 2. The minimum atomic E-state index is -0.669. The molecular formula is C35H43N7O5. The fraction of sp³-hybridized carbons (Fsp3) is 0.371. The molecule has 0 fully saturated rings. The molecule has 2 aromatic carbocycles. The number of pyridine rings is 1. The lowest BCUT2D eigenvalue weighted by Gasteiger charge is -2.21. The van der Waals surface area contributed by atoms with Crippen LogP contribution < -0.4 is 16.0 Å². The van der Waals surface area contributed by atoms with E-state index in [1.54, 1.807) is 43.5 Å². The van der Waals surface area contributed by atoms with Crippen molar-refractivity contribution in [3.8, 4) is 0 Å². The number of rotatable bonds is 16. The van der Waals surface area contributed by atoms with Crippen molar-refractivity contribution < 1.29 is 23.9 Å². The Hall–Kier alpha value is -5.26. The molecule has 1 amide bonds. The summed E-state index contributed by atoms with van der Waals surface area (Å²) in [4.78, 5) is 52.7. The number of hydrogen-bond acceptors (Lipinski definition) is 9. The van der Waals surface area contributed by atoms with Crippen LogP contribution in [0.3, 0.4) is 0 Å². The van der Waals surface area contributed by atoms with Crippen LogP contribution in [-0.2, 0) is 32.7 Å². The van der Waals surface area contributed by atoms with Gasteiger partial charge in [0, 0.05) is 43.0 Å². The van der Waals surface area contributed by atoms with Gasteiger partial charge in [0.1, 0.15) is 17.5 Å². The fourth-order valence-corrected chi connectivity index (χ4v) is 4.83. The molecule has 0 aliphatic carbocycles. The summed E-state index contributed by atoms with van der Waals surface area (Å²) in [7, 11) is 1.92. The van der Waals surface area contributed by atoms with Crippen LogP contribution >= 0.6 is 0 Å². The number of unbranched alkanes of at least 4 members (excludes halogenated alkanes) is 1. The SMILES string of the molecule is CCCCC(=O)OC(C)/N=C(/N)c1ccc(NCc2nc3cc(C(=O)N(CCC(=O)OCCC)c4ccccn4)ccc3n2C)cc1. The maximum Gasteiger partial charge on any atom is 0.307 e. The number of amides is 1. The van der Waals surface area contributed by atoms with Crippen LogP contribution in [-0.4, -0.2) is 57.6 Å². The normalized spacial score (nSPS) is 12.0. The number of aryl methyl sites for hydroxylation is 1. The van der Waals surface area contributed by atoms with E-state index < -0.39 is 6.23 Å². The molecule has 0 aliphatic heterocycles. The van der Waals surface area contributed by atoms with E-state index in [-0.39, 0.29) is 36.6 Å². The van der Waals surface area contributed by atoms with E-state index in [0.29, 0.717) is 42.0 Å². The van der Waals surface area contributed by atoms with Crippen LogP contribution in [0, 0.1) is 0 Å². The van der Waals surface area contributed by atoms with Crippen molar-refractivity contribution in [3.05, 3.63) is 83.8 Å². The number of fused-ring (bicyclic) bond motifs is 1. The second-order valence-electron chi connectivity index (χ2n) is 11.0. The smallest absolute Gasteiger partial charge is 0.307 e. The van der Waals surface area contributed by atoms with Crippen molar-refractivity contribution >= 4 is 46.2 Å². The van der Waals surface area contributed by atoms with Crippen molar-refractivity contribution in [3.63, 3.8) is 0 Å². The number of hydrogen-bond donors (Lipinski definition) is 2. The number of imidazole rings is 1. The van der Waals surface area contributed by atoms with Gasteiger partial charge in [-0.3, -0.25) is 19.3 Å². The summed E-state index contributed by atoms with van der Waals surface area (Å²) in [6.45, 7) is 6.54. The van der Waals surface area contributed by atoms with E-state index in [2.05, 4.69) is 15.3 Å². The van der Waals surface area contributed by atoms with Gasteiger partial charge in [0.25, 0.3) is 5.91 Å². The van der Waals surface area contributed by atoms with Crippen molar-refractivity contribution in [1.82, 2.24) is 14.5 Å². The molecule has 0 saturated carbocycles. The quantitative estimate of drug-likeness (QED) is 0.0935. The minimum Gasteiger partial charge on any atom is -0.466 e. The molecule has 3 N–H and O–H groups in total. The number of nitrogens with two attached hydrogens (primary N) is 1. The van der Waals surface area contributed by atoms with E-state index in [4.69, 9.17) is 20.2 Å². The first-order chi connectivity index (χ1) is 22.7. The number of anilines is 2. The second kappa shape index (κ2) is 16.9. The number of nitrogens with one attached hydrogen (secondary N) is 1. The van der Waals surface area contributed by atoms with Crippen molar-refractivity contribution in [2.75, 3.05) is 23.4 Å². The molecule has 2 heterocycles. The van der Waals surface area contributed by atoms with Crippen LogP contribution in [0.25, 0.3) is 11.0 Å². The molecule has 0 aliphatic rings. The van der Waals surface area contributed by atoms with E-state index in [1.807, 2.05) is 55.8 Å². The van der Waals surface area contributed by atoms with Crippen molar-refractivity contribution in [2.24, 2.45) is 17.8 Å². The first kappa shape index (κ1) is 34.6.